The summed E-state index contributed by atoms with van der Waals surface area (Å²) in [6, 6.07) is 55.3. The summed E-state index contributed by atoms with van der Waals surface area (Å²) in [7, 11) is -5.57. The molecule has 0 radical (unpaired) electrons. The van der Waals surface area contributed by atoms with Gasteiger partial charge in [0.1, 0.15) is 0 Å². The molecule has 6 aromatic rings. The first-order chi connectivity index (χ1) is 27.4. The van der Waals surface area contributed by atoms with Crippen molar-refractivity contribution in [2.24, 2.45) is 4.74 Å². The third kappa shape index (κ3) is 9.02. The van der Waals surface area contributed by atoms with Crippen LogP contribution >= 0.6 is 14.5 Å². The summed E-state index contributed by atoms with van der Waals surface area (Å²) >= 11 is 0. The zero-order valence-electron chi connectivity index (χ0n) is 32.0. The predicted octanol–water partition coefficient (Wildman–Crippen LogP) is 12.0. The molecule has 0 aliphatic rings. The summed E-state index contributed by atoms with van der Waals surface area (Å²) in [5, 5.41) is 10.1. The molecule has 280 valence electrons. The van der Waals surface area contributed by atoms with E-state index in [1.807, 2.05) is 62.4 Å². The Kier molecular flexibility index (Phi) is 13.3. The van der Waals surface area contributed by atoms with E-state index >= 15 is 0 Å². The molecule has 0 bridgehead atoms. The molecule has 0 amide bonds. The summed E-state index contributed by atoms with van der Waals surface area (Å²) in [6.45, 7) is 8.36. The molecule has 1 atom stereocenters. The zero-order valence-corrected chi connectivity index (χ0v) is 33.9. The van der Waals surface area contributed by atoms with Crippen molar-refractivity contribution >= 4 is 58.4 Å². The number of nitrogens with zero attached hydrogens (tertiary/aromatic N) is 1. The maximum atomic E-state index is 6.42. The van der Waals surface area contributed by atoms with Gasteiger partial charge in [0.25, 0.3) is 0 Å². The number of nitrogens with two attached hydrogens (primary N) is 2. The van der Waals surface area contributed by atoms with Crippen LogP contribution in [0.1, 0.15) is 13.8 Å². The van der Waals surface area contributed by atoms with Crippen LogP contribution < -0.4 is 37.8 Å². The van der Waals surface area contributed by atoms with Crippen molar-refractivity contribution in [3.8, 4) is 11.1 Å². The second-order valence-corrected chi connectivity index (χ2v) is 19.7. The van der Waals surface area contributed by atoms with Gasteiger partial charge in [-0.2, -0.15) is 0 Å². The molecule has 0 fully saturated rings. The van der Waals surface area contributed by atoms with E-state index in [0.29, 0.717) is 11.4 Å². The summed E-state index contributed by atoms with van der Waals surface area (Å²) in [4.78, 5) is 0. The summed E-state index contributed by atoms with van der Waals surface area (Å²) in [6.07, 6.45) is 18.4. The van der Waals surface area contributed by atoms with Crippen LogP contribution in [0.2, 0.25) is 0 Å². The van der Waals surface area contributed by atoms with Gasteiger partial charge in [-0.25, -0.2) is 0 Å². The van der Waals surface area contributed by atoms with E-state index in [1.54, 1.807) is 6.07 Å². The molecule has 6 rings (SSSR count). The van der Waals surface area contributed by atoms with E-state index in [-0.39, 0.29) is 0 Å². The van der Waals surface area contributed by atoms with Gasteiger partial charge >= 0.3 is 328 Å². The number of hydrogen-bond donors (Lipinski definition) is 3. The molecule has 6 aromatic carbocycles. The number of benzene rings is 6. The van der Waals surface area contributed by atoms with Crippen molar-refractivity contribution in [1.29, 1.82) is 0 Å². The number of allylic oxidation sites excluding steroid dienone is 10. The first-order valence-electron chi connectivity index (χ1n) is 18.8. The average Bonchev–Trinajstić information content (AvgIpc) is 3.23. The Hall–Kier alpha value is -6.18. The zero-order chi connectivity index (χ0) is 39.2. The van der Waals surface area contributed by atoms with Crippen LogP contribution in [-0.2, 0) is 0 Å². The molecule has 0 aromatic heterocycles. The van der Waals surface area contributed by atoms with Crippen LogP contribution in [0.5, 0.6) is 0 Å². The van der Waals surface area contributed by atoms with Crippen LogP contribution in [-0.4, -0.2) is 0 Å². The number of nitrogens with one attached hydrogen (secondary N) is 1. The van der Waals surface area contributed by atoms with Crippen LogP contribution in [0.25, 0.3) is 11.1 Å². The SMILES string of the molecule is C=C/C(=C\C=C/C)P(/C=C/C=C\C=C/C)(=Nc1cc(N[PH](c2ccccc2)(c2ccccc2)c2ccccc2)cc(-c2cc(N)cc(N)c2)c1)c1ccccc1. The second kappa shape index (κ2) is 18.9. The van der Waals surface area contributed by atoms with Crippen molar-refractivity contribution in [2.45, 2.75) is 13.8 Å². The van der Waals surface area contributed by atoms with E-state index in [4.69, 9.17) is 16.2 Å². The number of anilines is 3. The van der Waals surface area contributed by atoms with Gasteiger partial charge < -0.3 is 0 Å². The monoisotopic (exact) mass is 768 g/mol. The molecule has 1 unspecified atom stereocenters. The van der Waals surface area contributed by atoms with Crippen molar-refractivity contribution < 1.29 is 0 Å². The molecule has 0 heterocycles. The van der Waals surface area contributed by atoms with Gasteiger partial charge in [0.2, 0.25) is 0 Å². The van der Waals surface area contributed by atoms with E-state index in [1.165, 1.54) is 15.9 Å². The van der Waals surface area contributed by atoms with E-state index in [2.05, 4.69) is 175 Å². The molecule has 5 N–H and O–H groups in total. The molecule has 0 aliphatic carbocycles. The van der Waals surface area contributed by atoms with Crippen molar-refractivity contribution in [3.63, 3.8) is 0 Å². The fraction of sp³-hybridized carbons (Fsp3) is 0.0400. The van der Waals surface area contributed by atoms with Gasteiger partial charge in [0.15, 0.2) is 0 Å². The minimum absolute atomic E-state index is 0.601. The topological polar surface area (TPSA) is 76.4 Å². The van der Waals surface area contributed by atoms with Gasteiger partial charge in [-0.05, 0) is 6.92 Å². The number of nitrogen functional groups attached to an aromatic ring is 2. The molecule has 56 heavy (non-hydrogen) atoms. The first kappa shape index (κ1) is 39.5. The summed E-state index contributed by atoms with van der Waals surface area (Å²) in [5.41, 5.74) is 17.7. The van der Waals surface area contributed by atoms with Gasteiger partial charge in [-0.3, -0.25) is 0 Å². The number of rotatable bonds is 14. The van der Waals surface area contributed by atoms with E-state index in [0.717, 1.165) is 33.1 Å². The van der Waals surface area contributed by atoms with E-state index < -0.39 is 14.5 Å². The fourth-order valence-electron chi connectivity index (χ4n) is 6.99. The molecule has 0 spiro atoms. The third-order valence-electron chi connectivity index (χ3n) is 9.49. The molecular weight excluding hydrogens is 719 g/mol. The average molecular weight is 769 g/mol. The predicted molar refractivity (Wildman–Crippen MR) is 252 cm³/mol. The number of hydrogen-bond acceptors (Lipinski definition) is 4. The van der Waals surface area contributed by atoms with Gasteiger partial charge in [-0.15, -0.1) is 0 Å². The van der Waals surface area contributed by atoms with Crippen molar-refractivity contribution in [1.82, 2.24) is 0 Å². The van der Waals surface area contributed by atoms with Crippen molar-refractivity contribution in [3.05, 3.63) is 230 Å². The molecular formula is C50H50N4P2. The van der Waals surface area contributed by atoms with Gasteiger partial charge in [0, 0.05) is 0 Å². The molecule has 6 heteroatoms. The van der Waals surface area contributed by atoms with E-state index in [9.17, 15) is 0 Å². The quantitative estimate of drug-likeness (QED) is 0.0587. The molecule has 0 aliphatic heterocycles. The maximum absolute atomic E-state index is 6.42. The Morgan fingerprint density at radius 3 is 1.61 bits per heavy atom. The molecule has 4 nitrogen and oxygen atoms in total. The Labute approximate surface area is 333 Å². The molecule has 0 saturated heterocycles. The first-order valence-corrected chi connectivity index (χ1v) is 22.6. The molecule has 0 saturated carbocycles. The third-order valence-corrected chi connectivity index (χ3v) is 17.1. The Morgan fingerprint density at radius 2 is 1.09 bits per heavy atom. The summed E-state index contributed by atoms with van der Waals surface area (Å²) in [5.74, 6) is 2.26. The standard InChI is InChI=1S/C50H50N4P2/c1-4-7-9-10-23-33-55(46(6-3)24-8-5-2,47-25-15-11-16-26-47)53-44-36-41(40-34-42(51)38-43(52)35-40)37-45(39-44)54-56(48-27-17-12-18-28-48,49-29-19-13-20-30-49)50-31-21-14-22-32-50/h4-39,54,56H,3,51-52H2,1-2H3/b7-4-,8-5-,10-9-,33-23+,46-24+. The van der Waals surface area contributed by atoms with Crippen molar-refractivity contribution in [2.75, 3.05) is 16.6 Å². The van der Waals surface area contributed by atoms with Crippen LogP contribution in [0.3, 0.4) is 0 Å². The normalized spacial score (nSPS) is 13.6. The minimum atomic E-state index is -2.93. The fourth-order valence-corrected chi connectivity index (χ4v) is 14.1. The summed E-state index contributed by atoms with van der Waals surface area (Å²) < 4.78 is 5.85. The van der Waals surface area contributed by atoms with Crippen LogP contribution in [0.4, 0.5) is 22.7 Å². The van der Waals surface area contributed by atoms with Gasteiger partial charge in [0.05, 0.1) is 0 Å². The van der Waals surface area contributed by atoms with Crippen LogP contribution in [0, 0.1) is 0 Å². The Bertz CT molecular complexity index is 2330. The van der Waals surface area contributed by atoms with Crippen LogP contribution in [0.15, 0.2) is 235 Å². The second-order valence-electron chi connectivity index (χ2n) is 13.3. The van der Waals surface area contributed by atoms with Gasteiger partial charge in [-0.1, -0.05) is 0 Å². The Balaban J connectivity index is 1.72. The Morgan fingerprint density at radius 1 is 0.589 bits per heavy atom.